The van der Waals surface area contributed by atoms with E-state index >= 15 is 0 Å². The van der Waals surface area contributed by atoms with E-state index in [4.69, 9.17) is 4.74 Å². The van der Waals surface area contributed by atoms with Crippen molar-refractivity contribution in [3.63, 3.8) is 0 Å². The Balaban J connectivity index is 2.25. The smallest absolute Gasteiger partial charge is 0.264 e. The number of aryl methyl sites for hydroxylation is 2. The summed E-state index contributed by atoms with van der Waals surface area (Å²) >= 11 is 0. The first-order chi connectivity index (χ1) is 9.90. The van der Waals surface area contributed by atoms with Crippen LogP contribution in [0.1, 0.15) is 18.3 Å². The van der Waals surface area contributed by atoms with Gasteiger partial charge in [0, 0.05) is 11.4 Å². The second-order valence-electron chi connectivity index (χ2n) is 4.48. The van der Waals surface area contributed by atoms with Crippen LogP contribution in [0.5, 0.6) is 5.75 Å². The molecule has 0 bridgehead atoms. The van der Waals surface area contributed by atoms with Crippen LogP contribution >= 0.6 is 0 Å². The molecule has 7 heteroatoms. The predicted molar refractivity (Wildman–Crippen MR) is 79.9 cm³/mol. The van der Waals surface area contributed by atoms with Gasteiger partial charge in [0.2, 0.25) is 5.95 Å². The van der Waals surface area contributed by atoms with Crippen LogP contribution in [-0.2, 0) is 10.0 Å². The average molecular weight is 307 g/mol. The van der Waals surface area contributed by atoms with Crippen LogP contribution in [0.3, 0.4) is 0 Å². The van der Waals surface area contributed by atoms with Crippen molar-refractivity contribution in [3.8, 4) is 5.75 Å². The number of aromatic nitrogens is 2. The van der Waals surface area contributed by atoms with Crippen LogP contribution < -0.4 is 9.46 Å². The standard InChI is InChI=1S/C14H17N3O3S/c1-4-20-12-5-7-13(8-6-12)21(18,19)17-14-15-10(2)9-11(3)16-14/h5-9H,4H2,1-3H3,(H,15,16,17). The normalized spacial score (nSPS) is 11.2. The monoisotopic (exact) mass is 307 g/mol. The third-order valence-electron chi connectivity index (χ3n) is 2.65. The third kappa shape index (κ3) is 3.91. The highest BCUT2D eigenvalue weighted by atomic mass is 32.2. The van der Waals surface area contributed by atoms with Gasteiger partial charge in [-0.2, -0.15) is 0 Å². The zero-order valence-electron chi connectivity index (χ0n) is 12.1. The summed E-state index contributed by atoms with van der Waals surface area (Å²) in [5.74, 6) is 0.695. The zero-order valence-corrected chi connectivity index (χ0v) is 12.9. The van der Waals surface area contributed by atoms with Gasteiger partial charge < -0.3 is 4.74 Å². The largest absolute Gasteiger partial charge is 0.494 e. The number of ether oxygens (including phenoxy) is 1. The van der Waals surface area contributed by atoms with Gasteiger partial charge in [-0.25, -0.2) is 23.1 Å². The van der Waals surface area contributed by atoms with E-state index in [-0.39, 0.29) is 10.8 Å². The summed E-state index contributed by atoms with van der Waals surface area (Å²) in [4.78, 5) is 8.26. The first-order valence-corrected chi connectivity index (χ1v) is 7.97. The fourth-order valence-corrected chi connectivity index (χ4v) is 2.78. The van der Waals surface area contributed by atoms with Gasteiger partial charge in [-0.1, -0.05) is 0 Å². The van der Waals surface area contributed by atoms with Crippen molar-refractivity contribution < 1.29 is 13.2 Å². The summed E-state index contributed by atoms with van der Waals surface area (Å²) < 4.78 is 32.2. The van der Waals surface area contributed by atoms with Crippen LogP contribution in [0, 0.1) is 13.8 Å². The Bertz CT molecular complexity index is 707. The van der Waals surface area contributed by atoms with Crippen molar-refractivity contribution in [2.24, 2.45) is 0 Å². The Kier molecular flexibility index (Phi) is 4.42. The Labute approximate surface area is 124 Å². The predicted octanol–water partition coefficient (Wildman–Crippen LogP) is 2.29. The summed E-state index contributed by atoms with van der Waals surface area (Å²) in [6, 6.07) is 7.96. The molecule has 1 heterocycles. The Morgan fingerprint density at radius 1 is 1.10 bits per heavy atom. The first-order valence-electron chi connectivity index (χ1n) is 6.48. The molecule has 0 aliphatic heterocycles. The summed E-state index contributed by atoms with van der Waals surface area (Å²) in [6.07, 6.45) is 0. The molecule has 0 saturated heterocycles. The van der Waals surface area contributed by atoms with Gasteiger partial charge in [0.25, 0.3) is 10.0 Å². The molecule has 1 aromatic carbocycles. The molecule has 112 valence electrons. The fourth-order valence-electron chi connectivity index (χ4n) is 1.83. The lowest BCUT2D eigenvalue weighted by Gasteiger charge is -2.09. The van der Waals surface area contributed by atoms with Gasteiger partial charge in [-0.15, -0.1) is 0 Å². The van der Waals surface area contributed by atoms with Crippen molar-refractivity contribution in [1.29, 1.82) is 0 Å². The minimum atomic E-state index is -3.71. The number of anilines is 1. The van der Waals surface area contributed by atoms with Crippen molar-refractivity contribution in [2.45, 2.75) is 25.7 Å². The van der Waals surface area contributed by atoms with Gasteiger partial charge in [0.15, 0.2) is 0 Å². The molecular weight excluding hydrogens is 290 g/mol. The van der Waals surface area contributed by atoms with E-state index in [0.29, 0.717) is 23.7 Å². The van der Waals surface area contributed by atoms with Crippen LogP contribution in [0.25, 0.3) is 0 Å². The molecule has 21 heavy (non-hydrogen) atoms. The summed E-state index contributed by atoms with van der Waals surface area (Å²) in [7, 11) is -3.71. The SMILES string of the molecule is CCOc1ccc(S(=O)(=O)Nc2nc(C)cc(C)n2)cc1. The van der Waals surface area contributed by atoms with Crippen molar-refractivity contribution in [2.75, 3.05) is 11.3 Å². The maximum atomic E-state index is 12.3. The molecular formula is C14H17N3O3S. The highest BCUT2D eigenvalue weighted by Gasteiger charge is 2.16. The van der Waals surface area contributed by atoms with Crippen LogP contribution in [-0.4, -0.2) is 25.0 Å². The van der Waals surface area contributed by atoms with Crippen molar-refractivity contribution in [1.82, 2.24) is 9.97 Å². The lowest BCUT2D eigenvalue weighted by Crippen LogP contribution is -2.15. The Hall–Kier alpha value is -2.15. The average Bonchev–Trinajstić information content (AvgIpc) is 2.38. The molecule has 0 fully saturated rings. The van der Waals surface area contributed by atoms with Crippen molar-refractivity contribution in [3.05, 3.63) is 41.7 Å². The number of nitrogens with one attached hydrogen (secondary N) is 1. The maximum Gasteiger partial charge on any atom is 0.264 e. The molecule has 2 aromatic rings. The topological polar surface area (TPSA) is 81.2 Å². The van der Waals surface area contributed by atoms with Crippen molar-refractivity contribution >= 4 is 16.0 Å². The number of benzene rings is 1. The molecule has 6 nitrogen and oxygen atoms in total. The second-order valence-corrected chi connectivity index (χ2v) is 6.17. The number of hydrogen-bond acceptors (Lipinski definition) is 5. The number of nitrogens with zero attached hydrogens (tertiary/aromatic N) is 2. The van der Waals surface area contributed by atoms with Gasteiger partial charge in [-0.05, 0) is 51.1 Å². The van der Waals surface area contributed by atoms with E-state index in [9.17, 15) is 8.42 Å². The van der Waals surface area contributed by atoms with Gasteiger partial charge in [-0.3, -0.25) is 0 Å². The molecule has 1 aromatic heterocycles. The second kappa shape index (κ2) is 6.09. The summed E-state index contributed by atoms with van der Waals surface area (Å²) in [6.45, 7) is 5.96. The van der Waals surface area contributed by atoms with E-state index in [0.717, 1.165) is 0 Å². The van der Waals surface area contributed by atoms with E-state index < -0.39 is 10.0 Å². The maximum absolute atomic E-state index is 12.3. The molecule has 0 atom stereocenters. The minimum absolute atomic E-state index is 0.0707. The number of sulfonamides is 1. The minimum Gasteiger partial charge on any atom is -0.494 e. The zero-order chi connectivity index (χ0) is 15.5. The summed E-state index contributed by atoms with van der Waals surface area (Å²) in [5, 5.41) is 0. The van der Waals surface area contributed by atoms with Crippen LogP contribution in [0.2, 0.25) is 0 Å². The number of hydrogen-bond donors (Lipinski definition) is 1. The Morgan fingerprint density at radius 3 is 2.19 bits per heavy atom. The van der Waals surface area contributed by atoms with Gasteiger partial charge in [0.1, 0.15) is 5.75 Å². The van der Waals surface area contributed by atoms with E-state index in [1.54, 1.807) is 32.0 Å². The van der Waals surface area contributed by atoms with E-state index in [2.05, 4.69) is 14.7 Å². The number of rotatable bonds is 5. The highest BCUT2D eigenvalue weighted by molar-refractivity contribution is 7.92. The quantitative estimate of drug-likeness (QED) is 0.916. The molecule has 0 unspecified atom stereocenters. The molecule has 0 aliphatic rings. The fraction of sp³-hybridized carbons (Fsp3) is 0.286. The summed E-state index contributed by atoms with van der Waals surface area (Å²) in [5.41, 5.74) is 1.40. The highest BCUT2D eigenvalue weighted by Crippen LogP contribution is 2.18. The molecule has 1 N–H and O–H groups in total. The third-order valence-corrected chi connectivity index (χ3v) is 4.00. The molecule has 2 rings (SSSR count). The van der Waals surface area contributed by atoms with Crippen LogP contribution in [0.15, 0.2) is 35.2 Å². The molecule has 0 amide bonds. The lowest BCUT2D eigenvalue weighted by molar-refractivity contribution is 0.340. The van der Waals surface area contributed by atoms with Gasteiger partial charge >= 0.3 is 0 Å². The molecule has 0 radical (unpaired) electrons. The molecule has 0 spiro atoms. The molecule has 0 saturated carbocycles. The van der Waals surface area contributed by atoms with Crippen LogP contribution in [0.4, 0.5) is 5.95 Å². The molecule has 0 aliphatic carbocycles. The first kappa shape index (κ1) is 15.2. The Morgan fingerprint density at radius 2 is 1.67 bits per heavy atom. The van der Waals surface area contributed by atoms with E-state index in [1.807, 2.05) is 6.92 Å². The lowest BCUT2D eigenvalue weighted by atomic mass is 10.3. The van der Waals surface area contributed by atoms with Gasteiger partial charge in [0.05, 0.1) is 11.5 Å². The van der Waals surface area contributed by atoms with E-state index in [1.165, 1.54) is 12.1 Å².